The lowest BCUT2D eigenvalue weighted by Gasteiger charge is -1.97. The monoisotopic (exact) mass is 289 g/mol. The maximum absolute atomic E-state index is 13.6. The third-order valence-electron chi connectivity index (χ3n) is 2.99. The Balaban J connectivity index is 1.88. The number of aromatic nitrogens is 2. The van der Waals surface area contributed by atoms with Gasteiger partial charge in [0.15, 0.2) is 5.82 Å². The van der Waals surface area contributed by atoms with Crippen molar-refractivity contribution >= 4 is 17.0 Å². The molecule has 3 aromatic rings. The molecule has 102 valence electrons. The van der Waals surface area contributed by atoms with Gasteiger partial charge in [0, 0.05) is 6.42 Å². The summed E-state index contributed by atoms with van der Waals surface area (Å²) in [5.74, 6) is 0.549. The first-order valence-electron chi connectivity index (χ1n) is 6.05. The lowest BCUT2D eigenvalue weighted by Crippen LogP contribution is -1.94. The second-order valence-electron chi connectivity index (χ2n) is 4.45. The van der Waals surface area contributed by atoms with E-state index in [9.17, 15) is 4.39 Å². The Morgan fingerprint density at radius 3 is 2.85 bits per heavy atom. The quantitative estimate of drug-likeness (QED) is 0.802. The number of aryl methyl sites for hydroxylation is 1. The second-order valence-corrected chi connectivity index (χ2v) is 5.33. The van der Waals surface area contributed by atoms with Gasteiger partial charge in [-0.15, -0.1) is 11.3 Å². The Morgan fingerprint density at radius 2 is 2.15 bits per heavy atom. The molecule has 6 heteroatoms. The van der Waals surface area contributed by atoms with Crippen LogP contribution in [-0.4, -0.2) is 10.1 Å². The molecule has 0 bridgehead atoms. The number of thiophene rings is 1. The summed E-state index contributed by atoms with van der Waals surface area (Å²) in [6, 6.07) is 6.54. The van der Waals surface area contributed by atoms with Gasteiger partial charge in [0.2, 0.25) is 0 Å². The van der Waals surface area contributed by atoms with E-state index in [2.05, 4.69) is 10.1 Å². The predicted octanol–water partition coefficient (Wildman–Crippen LogP) is 3.42. The number of nitrogens with zero attached hydrogens (tertiary/aromatic N) is 2. The summed E-state index contributed by atoms with van der Waals surface area (Å²) < 4.78 is 18.8. The van der Waals surface area contributed by atoms with E-state index < -0.39 is 0 Å². The van der Waals surface area contributed by atoms with Crippen LogP contribution in [0.2, 0.25) is 0 Å². The number of nitrogens with two attached hydrogens (primary N) is 1. The Morgan fingerprint density at radius 1 is 1.35 bits per heavy atom. The van der Waals surface area contributed by atoms with E-state index in [0.29, 0.717) is 29.4 Å². The van der Waals surface area contributed by atoms with Crippen molar-refractivity contribution in [3.05, 3.63) is 52.4 Å². The van der Waals surface area contributed by atoms with Crippen LogP contribution in [0.1, 0.15) is 17.0 Å². The molecular weight excluding hydrogens is 277 g/mol. The molecule has 2 aromatic heterocycles. The summed E-state index contributed by atoms with van der Waals surface area (Å²) in [6.07, 6.45) is 0.292. The number of rotatable bonds is 3. The van der Waals surface area contributed by atoms with Crippen LogP contribution in [-0.2, 0) is 6.42 Å². The van der Waals surface area contributed by atoms with Crippen molar-refractivity contribution in [2.75, 3.05) is 5.73 Å². The van der Waals surface area contributed by atoms with E-state index in [1.165, 1.54) is 17.4 Å². The predicted molar refractivity (Wildman–Crippen MR) is 76.0 cm³/mol. The molecule has 0 aliphatic rings. The molecular formula is C14H12FN3OS. The van der Waals surface area contributed by atoms with Crippen LogP contribution in [0.3, 0.4) is 0 Å². The number of hydrogen-bond acceptors (Lipinski definition) is 5. The molecule has 0 spiro atoms. The van der Waals surface area contributed by atoms with E-state index in [4.69, 9.17) is 10.3 Å². The van der Waals surface area contributed by atoms with Crippen LogP contribution in [0, 0.1) is 12.7 Å². The van der Waals surface area contributed by atoms with Crippen molar-refractivity contribution in [1.82, 2.24) is 10.1 Å². The first-order chi connectivity index (χ1) is 9.65. The molecule has 0 radical (unpaired) electrons. The van der Waals surface area contributed by atoms with Crippen LogP contribution in [0.25, 0.3) is 10.8 Å². The molecule has 0 aliphatic carbocycles. The summed E-state index contributed by atoms with van der Waals surface area (Å²) in [5, 5.41) is 5.81. The summed E-state index contributed by atoms with van der Waals surface area (Å²) in [7, 11) is 0. The topological polar surface area (TPSA) is 64.9 Å². The molecule has 0 saturated heterocycles. The summed E-state index contributed by atoms with van der Waals surface area (Å²) in [6.45, 7) is 1.92. The van der Waals surface area contributed by atoms with E-state index in [1.54, 1.807) is 18.2 Å². The molecule has 0 fully saturated rings. The Bertz CT molecular complexity index is 750. The molecule has 0 amide bonds. The Labute approximate surface area is 119 Å². The smallest absolute Gasteiger partial charge is 0.270 e. The number of halogens is 1. The van der Waals surface area contributed by atoms with Gasteiger partial charge in [0.05, 0.1) is 5.69 Å². The van der Waals surface area contributed by atoms with Crippen molar-refractivity contribution in [2.24, 2.45) is 0 Å². The Kier molecular flexibility index (Phi) is 3.23. The number of anilines is 1. The molecule has 0 unspecified atom stereocenters. The van der Waals surface area contributed by atoms with Gasteiger partial charge in [0.25, 0.3) is 5.89 Å². The zero-order valence-corrected chi connectivity index (χ0v) is 11.6. The average Bonchev–Trinajstić information content (AvgIpc) is 3.01. The highest BCUT2D eigenvalue weighted by atomic mass is 32.1. The summed E-state index contributed by atoms with van der Waals surface area (Å²) >= 11 is 1.46. The van der Waals surface area contributed by atoms with Crippen molar-refractivity contribution in [3.63, 3.8) is 0 Å². The maximum Gasteiger partial charge on any atom is 0.270 e. The molecule has 0 aliphatic heterocycles. The highest BCUT2D eigenvalue weighted by Crippen LogP contribution is 2.33. The lowest BCUT2D eigenvalue weighted by atomic mass is 10.1. The van der Waals surface area contributed by atoms with Gasteiger partial charge in [0.1, 0.15) is 10.7 Å². The van der Waals surface area contributed by atoms with E-state index in [0.717, 1.165) is 10.4 Å². The highest BCUT2D eigenvalue weighted by Gasteiger charge is 2.16. The van der Waals surface area contributed by atoms with Gasteiger partial charge < -0.3 is 10.3 Å². The van der Waals surface area contributed by atoms with E-state index in [1.807, 2.05) is 12.3 Å². The molecule has 2 N–H and O–H groups in total. The third kappa shape index (κ3) is 2.30. The van der Waals surface area contributed by atoms with Gasteiger partial charge in [-0.05, 0) is 29.5 Å². The normalized spacial score (nSPS) is 10.9. The maximum atomic E-state index is 13.6. The average molecular weight is 289 g/mol. The number of benzene rings is 1. The van der Waals surface area contributed by atoms with Crippen LogP contribution in [0.4, 0.5) is 10.1 Å². The van der Waals surface area contributed by atoms with Crippen molar-refractivity contribution in [2.45, 2.75) is 13.3 Å². The largest absolute Gasteiger partial charge is 0.397 e. The van der Waals surface area contributed by atoms with Crippen molar-refractivity contribution in [1.29, 1.82) is 0 Å². The minimum absolute atomic E-state index is 0.273. The first kappa shape index (κ1) is 12.8. The molecule has 0 saturated carbocycles. The van der Waals surface area contributed by atoms with Crippen LogP contribution >= 0.6 is 11.3 Å². The first-order valence-corrected chi connectivity index (χ1v) is 6.93. The molecule has 20 heavy (non-hydrogen) atoms. The van der Waals surface area contributed by atoms with Crippen LogP contribution < -0.4 is 5.73 Å². The second kappa shape index (κ2) is 5.05. The minimum Gasteiger partial charge on any atom is -0.397 e. The van der Waals surface area contributed by atoms with Crippen molar-refractivity contribution in [3.8, 4) is 10.8 Å². The number of nitrogen functional groups attached to an aromatic ring is 1. The van der Waals surface area contributed by atoms with Crippen molar-refractivity contribution < 1.29 is 8.91 Å². The van der Waals surface area contributed by atoms with Crippen LogP contribution in [0.5, 0.6) is 0 Å². The summed E-state index contributed by atoms with van der Waals surface area (Å²) in [5.41, 5.74) is 8.11. The molecule has 2 heterocycles. The SMILES string of the molecule is Cc1csc(-c2nc(Cc3ccccc3F)no2)c1N. The third-order valence-corrected chi connectivity index (χ3v) is 4.09. The number of hydrogen-bond donors (Lipinski definition) is 1. The minimum atomic E-state index is -0.273. The molecule has 4 nitrogen and oxygen atoms in total. The van der Waals surface area contributed by atoms with Gasteiger partial charge in [-0.1, -0.05) is 23.4 Å². The van der Waals surface area contributed by atoms with E-state index >= 15 is 0 Å². The molecule has 1 aromatic carbocycles. The zero-order valence-electron chi connectivity index (χ0n) is 10.8. The zero-order chi connectivity index (χ0) is 14.1. The standard InChI is InChI=1S/C14H12FN3OS/c1-8-7-20-13(12(8)16)14-17-11(18-19-14)6-9-4-2-3-5-10(9)15/h2-5,7H,6,16H2,1H3. The summed E-state index contributed by atoms with van der Waals surface area (Å²) in [4.78, 5) is 5.04. The van der Waals surface area contributed by atoms with Gasteiger partial charge in [-0.25, -0.2) is 4.39 Å². The fourth-order valence-corrected chi connectivity index (χ4v) is 2.74. The molecule has 0 atom stereocenters. The van der Waals surface area contributed by atoms with E-state index in [-0.39, 0.29) is 5.82 Å². The fraction of sp³-hybridized carbons (Fsp3) is 0.143. The van der Waals surface area contributed by atoms with Gasteiger partial charge in [-0.3, -0.25) is 0 Å². The molecule has 3 rings (SSSR count). The van der Waals surface area contributed by atoms with Crippen LogP contribution in [0.15, 0.2) is 34.2 Å². The fourth-order valence-electron chi connectivity index (χ4n) is 1.85. The highest BCUT2D eigenvalue weighted by molar-refractivity contribution is 7.14. The lowest BCUT2D eigenvalue weighted by molar-refractivity contribution is 0.424. The van der Waals surface area contributed by atoms with Gasteiger partial charge >= 0.3 is 0 Å². The van der Waals surface area contributed by atoms with Gasteiger partial charge in [-0.2, -0.15) is 4.98 Å². The Hall–Kier alpha value is -2.21.